The highest BCUT2D eigenvalue weighted by molar-refractivity contribution is 6.01. The largest absolute Gasteiger partial charge is 0.391 e. The summed E-state index contributed by atoms with van der Waals surface area (Å²) in [5, 5.41) is 17.5. The van der Waals surface area contributed by atoms with E-state index in [1.807, 2.05) is 42.5 Å². The number of anilines is 1. The van der Waals surface area contributed by atoms with Crippen molar-refractivity contribution in [3.63, 3.8) is 0 Å². The molecule has 0 unspecified atom stereocenters. The van der Waals surface area contributed by atoms with Crippen molar-refractivity contribution in [3.05, 3.63) is 42.5 Å². The average Bonchev–Trinajstić information content (AvgIpc) is 2.85. The molecule has 4 heteroatoms. The Kier molecular flexibility index (Phi) is 3.56. The molecule has 0 saturated heterocycles. The van der Waals surface area contributed by atoms with Crippen LogP contribution in [0.1, 0.15) is 19.3 Å². The lowest BCUT2D eigenvalue weighted by atomic mass is 10.1. The van der Waals surface area contributed by atoms with Crippen LogP contribution in [0.4, 0.5) is 10.5 Å². The summed E-state index contributed by atoms with van der Waals surface area (Å²) >= 11 is 0. The number of aliphatic hydroxyl groups excluding tert-OH is 1. The number of hydrogen-bond donors (Lipinski definition) is 3. The number of fused-ring (bicyclic) bond motifs is 1. The van der Waals surface area contributed by atoms with E-state index < -0.39 is 6.10 Å². The number of rotatable bonds is 2. The first-order valence-electron chi connectivity index (χ1n) is 6.97. The molecule has 1 fully saturated rings. The third-order valence-electron chi connectivity index (χ3n) is 3.83. The van der Waals surface area contributed by atoms with Gasteiger partial charge in [0.05, 0.1) is 17.8 Å². The SMILES string of the molecule is O=C(Nc1cccc2ccccc12)N[C@@H]1CCC[C@H]1O. The third-order valence-corrected chi connectivity index (χ3v) is 3.83. The van der Waals surface area contributed by atoms with E-state index in [1.54, 1.807) is 0 Å². The number of amides is 2. The Balaban J connectivity index is 1.74. The van der Waals surface area contributed by atoms with E-state index in [-0.39, 0.29) is 12.1 Å². The normalized spacial score (nSPS) is 21.9. The lowest BCUT2D eigenvalue weighted by Gasteiger charge is -2.17. The Labute approximate surface area is 117 Å². The fraction of sp³-hybridized carbons (Fsp3) is 0.312. The molecule has 3 rings (SSSR count). The van der Waals surface area contributed by atoms with Crippen molar-refractivity contribution in [1.82, 2.24) is 5.32 Å². The third kappa shape index (κ3) is 2.60. The number of hydrogen-bond acceptors (Lipinski definition) is 2. The maximum Gasteiger partial charge on any atom is 0.319 e. The Hall–Kier alpha value is -2.07. The van der Waals surface area contributed by atoms with E-state index in [9.17, 15) is 9.90 Å². The molecule has 0 spiro atoms. The first-order valence-corrected chi connectivity index (χ1v) is 6.97. The number of benzene rings is 2. The maximum atomic E-state index is 12.0. The van der Waals surface area contributed by atoms with Crippen LogP contribution in [0.2, 0.25) is 0 Å². The first-order chi connectivity index (χ1) is 9.74. The van der Waals surface area contributed by atoms with Gasteiger partial charge in [-0.15, -0.1) is 0 Å². The highest BCUT2D eigenvalue weighted by atomic mass is 16.3. The topological polar surface area (TPSA) is 61.4 Å². The van der Waals surface area contributed by atoms with Gasteiger partial charge in [-0.3, -0.25) is 0 Å². The van der Waals surface area contributed by atoms with Crippen LogP contribution in [-0.4, -0.2) is 23.3 Å². The van der Waals surface area contributed by atoms with Gasteiger partial charge in [-0.2, -0.15) is 0 Å². The summed E-state index contributed by atoms with van der Waals surface area (Å²) in [5.74, 6) is 0. The summed E-state index contributed by atoms with van der Waals surface area (Å²) in [5.41, 5.74) is 0.785. The van der Waals surface area contributed by atoms with Crippen LogP contribution >= 0.6 is 0 Å². The molecule has 1 saturated carbocycles. The molecule has 0 aliphatic heterocycles. The molecule has 2 aromatic rings. The van der Waals surface area contributed by atoms with Gasteiger partial charge in [0.25, 0.3) is 0 Å². The summed E-state index contributed by atoms with van der Waals surface area (Å²) in [4.78, 5) is 12.0. The predicted octanol–water partition coefficient (Wildman–Crippen LogP) is 2.87. The second-order valence-corrected chi connectivity index (χ2v) is 5.23. The molecule has 1 aliphatic carbocycles. The van der Waals surface area contributed by atoms with Gasteiger partial charge in [-0.05, 0) is 30.7 Å². The fourth-order valence-electron chi connectivity index (χ4n) is 2.77. The van der Waals surface area contributed by atoms with Crippen molar-refractivity contribution in [3.8, 4) is 0 Å². The van der Waals surface area contributed by atoms with E-state index in [1.165, 1.54) is 0 Å². The van der Waals surface area contributed by atoms with E-state index in [0.29, 0.717) is 0 Å². The number of urea groups is 1. The van der Waals surface area contributed by atoms with Crippen molar-refractivity contribution < 1.29 is 9.90 Å². The fourth-order valence-corrected chi connectivity index (χ4v) is 2.77. The summed E-state index contributed by atoms with van der Waals surface area (Å²) < 4.78 is 0. The van der Waals surface area contributed by atoms with E-state index in [2.05, 4.69) is 10.6 Å². The lowest BCUT2D eigenvalue weighted by Crippen LogP contribution is -2.42. The standard InChI is InChI=1S/C16H18N2O2/c19-15-10-4-9-14(15)18-16(20)17-13-8-3-6-11-5-1-2-7-12(11)13/h1-3,5-8,14-15,19H,4,9-10H2,(H2,17,18,20)/t14-,15-/m1/s1. The van der Waals surface area contributed by atoms with Crippen LogP contribution in [0.25, 0.3) is 10.8 Å². The smallest absolute Gasteiger partial charge is 0.319 e. The Bertz CT molecular complexity index is 621. The molecule has 0 heterocycles. The van der Waals surface area contributed by atoms with Gasteiger partial charge < -0.3 is 15.7 Å². The second-order valence-electron chi connectivity index (χ2n) is 5.23. The Morgan fingerprint density at radius 1 is 1.10 bits per heavy atom. The van der Waals surface area contributed by atoms with Gasteiger partial charge in [0, 0.05) is 5.39 Å². The zero-order valence-corrected chi connectivity index (χ0v) is 11.2. The van der Waals surface area contributed by atoms with Crippen molar-refractivity contribution in [1.29, 1.82) is 0 Å². The minimum Gasteiger partial charge on any atom is -0.391 e. The molecule has 1 aliphatic rings. The van der Waals surface area contributed by atoms with Crippen molar-refractivity contribution in [2.24, 2.45) is 0 Å². The van der Waals surface area contributed by atoms with Crippen LogP contribution in [-0.2, 0) is 0 Å². The van der Waals surface area contributed by atoms with Crippen molar-refractivity contribution in [2.45, 2.75) is 31.4 Å². The summed E-state index contributed by atoms with van der Waals surface area (Å²) in [6, 6.07) is 13.3. The average molecular weight is 270 g/mol. The van der Waals surface area contributed by atoms with E-state index >= 15 is 0 Å². The first kappa shape index (κ1) is 12.9. The van der Waals surface area contributed by atoms with Crippen LogP contribution in [0.3, 0.4) is 0 Å². The van der Waals surface area contributed by atoms with Crippen LogP contribution in [0, 0.1) is 0 Å². The Morgan fingerprint density at radius 3 is 2.70 bits per heavy atom. The van der Waals surface area contributed by atoms with Crippen LogP contribution in [0.15, 0.2) is 42.5 Å². The maximum absolute atomic E-state index is 12.0. The molecule has 2 atom stereocenters. The molecule has 104 valence electrons. The number of carbonyl (C=O) groups excluding carboxylic acids is 1. The quantitative estimate of drug-likeness (QED) is 0.785. The highest BCUT2D eigenvalue weighted by Crippen LogP contribution is 2.23. The molecule has 4 nitrogen and oxygen atoms in total. The zero-order valence-electron chi connectivity index (χ0n) is 11.2. The zero-order chi connectivity index (χ0) is 13.9. The lowest BCUT2D eigenvalue weighted by molar-refractivity contribution is 0.151. The highest BCUT2D eigenvalue weighted by Gasteiger charge is 2.26. The van der Waals surface area contributed by atoms with Crippen molar-refractivity contribution >= 4 is 22.5 Å². The molecule has 2 amide bonds. The second kappa shape index (κ2) is 5.51. The van der Waals surface area contributed by atoms with Gasteiger partial charge >= 0.3 is 6.03 Å². The van der Waals surface area contributed by atoms with Gasteiger partial charge in [-0.1, -0.05) is 36.4 Å². The minimum absolute atomic E-state index is 0.134. The molecular formula is C16H18N2O2. The molecule has 0 radical (unpaired) electrons. The van der Waals surface area contributed by atoms with Gasteiger partial charge in [0.1, 0.15) is 0 Å². The minimum atomic E-state index is -0.423. The van der Waals surface area contributed by atoms with E-state index in [4.69, 9.17) is 0 Å². The van der Waals surface area contributed by atoms with Gasteiger partial charge in [0.15, 0.2) is 0 Å². The summed E-state index contributed by atoms with van der Waals surface area (Å²) in [6.07, 6.45) is 2.14. The molecule has 0 aromatic heterocycles. The Morgan fingerprint density at radius 2 is 1.90 bits per heavy atom. The molecular weight excluding hydrogens is 252 g/mol. The number of aliphatic hydroxyl groups is 1. The monoisotopic (exact) mass is 270 g/mol. The van der Waals surface area contributed by atoms with Crippen molar-refractivity contribution in [2.75, 3.05) is 5.32 Å². The van der Waals surface area contributed by atoms with Gasteiger partial charge in [-0.25, -0.2) is 4.79 Å². The van der Waals surface area contributed by atoms with Gasteiger partial charge in [0.2, 0.25) is 0 Å². The molecule has 0 bridgehead atoms. The molecule has 20 heavy (non-hydrogen) atoms. The van der Waals surface area contributed by atoms with Crippen LogP contribution in [0.5, 0.6) is 0 Å². The summed E-state index contributed by atoms with van der Waals surface area (Å²) in [7, 11) is 0. The summed E-state index contributed by atoms with van der Waals surface area (Å²) in [6.45, 7) is 0. The molecule has 2 aromatic carbocycles. The number of carbonyl (C=O) groups is 1. The number of nitrogens with one attached hydrogen (secondary N) is 2. The molecule has 3 N–H and O–H groups in total. The van der Waals surface area contributed by atoms with E-state index in [0.717, 1.165) is 35.7 Å². The van der Waals surface area contributed by atoms with Crippen LogP contribution < -0.4 is 10.6 Å². The predicted molar refractivity (Wildman–Crippen MR) is 79.7 cm³/mol.